The lowest BCUT2D eigenvalue weighted by atomic mass is 9.84. The largest absolute Gasteiger partial charge is 0.508 e. The number of amides is 1. The van der Waals surface area contributed by atoms with Crippen molar-refractivity contribution in [1.82, 2.24) is 10.2 Å². The van der Waals surface area contributed by atoms with E-state index < -0.39 is 5.54 Å². The van der Waals surface area contributed by atoms with E-state index in [-0.39, 0.29) is 11.7 Å². The lowest BCUT2D eigenvalue weighted by Gasteiger charge is -2.43. The number of phenols is 1. The van der Waals surface area contributed by atoms with E-state index in [0.29, 0.717) is 6.42 Å². The first kappa shape index (κ1) is 13.8. The van der Waals surface area contributed by atoms with E-state index >= 15 is 0 Å². The number of nitrogens with two attached hydrogens (primary N) is 1. The summed E-state index contributed by atoms with van der Waals surface area (Å²) in [5.41, 5.74) is 5.79. The van der Waals surface area contributed by atoms with Crippen LogP contribution >= 0.6 is 0 Å². The molecule has 0 saturated carbocycles. The van der Waals surface area contributed by atoms with E-state index in [2.05, 4.69) is 10.2 Å². The second-order valence-corrected chi connectivity index (χ2v) is 4.86. The molecule has 0 bridgehead atoms. The number of rotatable bonds is 4. The van der Waals surface area contributed by atoms with Gasteiger partial charge in [-0.1, -0.05) is 19.1 Å². The summed E-state index contributed by atoms with van der Waals surface area (Å²) < 4.78 is 0. The molecule has 1 saturated heterocycles. The maximum absolute atomic E-state index is 12.1. The molecule has 1 aliphatic heterocycles. The molecule has 104 valence electrons. The summed E-state index contributed by atoms with van der Waals surface area (Å²) in [7, 11) is 0. The lowest BCUT2D eigenvalue weighted by molar-refractivity contribution is -0.132. The molecular formula is C14H21N3O2. The summed E-state index contributed by atoms with van der Waals surface area (Å²) >= 11 is 0. The van der Waals surface area contributed by atoms with E-state index in [1.54, 1.807) is 24.3 Å². The molecule has 0 radical (unpaired) electrons. The summed E-state index contributed by atoms with van der Waals surface area (Å²) in [5.74, 6) is -0.138. The second kappa shape index (κ2) is 5.59. The van der Waals surface area contributed by atoms with Crippen LogP contribution in [0.5, 0.6) is 5.75 Å². The van der Waals surface area contributed by atoms with E-state index in [9.17, 15) is 9.90 Å². The molecule has 0 aliphatic carbocycles. The maximum Gasteiger partial charge on any atom is 0.242 e. The fourth-order valence-corrected chi connectivity index (χ4v) is 2.87. The lowest BCUT2D eigenvalue weighted by Crippen LogP contribution is -2.59. The number of carbonyl (C=O) groups excluding carboxylic acids is 1. The zero-order valence-electron chi connectivity index (χ0n) is 11.2. The van der Waals surface area contributed by atoms with Crippen molar-refractivity contribution < 1.29 is 9.90 Å². The van der Waals surface area contributed by atoms with Crippen LogP contribution in [0.2, 0.25) is 0 Å². The standard InChI is InChI=1S/C14H21N3O2/c1-2-14(13(15)19,17-9-7-16-8-10-17)11-3-5-12(18)6-4-11/h3-6,16,18H,2,7-10H2,1H3,(H2,15,19). The number of nitrogens with zero attached hydrogens (tertiary/aromatic N) is 1. The summed E-state index contributed by atoms with van der Waals surface area (Å²) in [6, 6.07) is 6.77. The van der Waals surface area contributed by atoms with Crippen molar-refractivity contribution in [2.45, 2.75) is 18.9 Å². The molecule has 1 heterocycles. The van der Waals surface area contributed by atoms with E-state index in [4.69, 9.17) is 5.73 Å². The molecule has 1 unspecified atom stereocenters. The molecule has 1 amide bonds. The number of hydrogen-bond donors (Lipinski definition) is 3. The van der Waals surface area contributed by atoms with Gasteiger partial charge in [0.25, 0.3) is 0 Å². The second-order valence-electron chi connectivity index (χ2n) is 4.86. The normalized spacial score (nSPS) is 19.8. The predicted molar refractivity (Wildman–Crippen MR) is 73.7 cm³/mol. The molecule has 1 fully saturated rings. The van der Waals surface area contributed by atoms with Gasteiger partial charge in [0, 0.05) is 26.2 Å². The molecule has 2 rings (SSSR count). The van der Waals surface area contributed by atoms with Crippen LogP contribution in [0, 0.1) is 0 Å². The Balaban J connectivity index is 2.43. The van der Waals surface area contributed by atoms with Gasteiger partial charge in [-0.05, 0) is 24.1 Å². The van der Waals surface area contributed by atoms with Gasteiger partial charge in [0.15, 0.2) is 0 Å². The van der Waals surface area contributed by atoms with Crippen LogP contribution in [-0.4, -0.2) is 42.1 Å². The number of aromatic hydroxyl groups is 1. The minimum absolute atomic E-state index is 0.193. The van der Waals surface area contributed by atoms with E-state index in [1.807, 2.05) is 6.92 Å². The third-order valence-electron chi connectivity index (χ3n) is 3.92. The van der Waals surface area contributed by atoms with Crippen molar-refractivity contribution in [3.63, 3.8) is 0 Å². The van der Waals surface area contributed by atoms with Crippen LogP contribution < -0.4 is 11.1 Å². The van der Waals surface area contributed by atoms with Crippen LogP contribution in [0.25, 0.3) is 0 Å². The molecule has 1 aromatic carbocycles. The molecule has 4 N–H and O–H groups in total. The van der Waals surface area contributed by atoms with Crippen molar-refractivity contribution in [1.29, 1.82) is 0 Å². The Hall–Kier alpha value is -1.59. The van der Waals surface area contributed by atoms with Crippen molar-refractivity contribution in [2.24, 2.45) is 5.73 Å². The van der Waals surface area contributed by atoms with Crippen molar-refractivity contribution in [3.05, 3.63) is 29.8 Å². The number of phenolic OH excluding ortho intramolecular Hbond substituents is 1. The van der Waals surface area contributed by atoms with Crippen LogP contribution in [-0.2, 0) is 10.3 Å². The first-order valence-electron chi connectivity index (χ1n) is 6.66. The zero-order valence-corrected chi connectivity index (χ0v) is 11.2. The van der Waals surface area contributed by atoms with Crippen molar-refractivity contribution in [2.75, 3.05) is 26.2 Å². The average Bonchev–Trinajstić information content (AvgIpc) is 2.43. The Morgan fingerprint density at radius 2 is 1.95 bits per heavy atom. The van der Waals surface area contributed by atoms with Gasteiger partial charge in [-0.25, -0.2) is 0 Å². The Morgan fingerprint density at radius 3 is 2.42 bits per heavy atom. The molecule has 0 spiro atoms. The highest BCUT2D eigenvalue weighted by Gasteiger charge is 2.42. The van der Waals surface area contributed by atoms with Crippen LogP contribution in [0.4, 0.5) is 0 Å². The monoisotopic (exact) mass is 263 g/mol. The van der Waals surface area contributed by atoms with E-state index in [0.717, 1.165) is 31.7 Å². The molecular weight excluding hydrogens is 242 g/mol. The number of nitrogens with one attached hydrogen (secondary N) is 1. The zero-order chi connectivity index (χ0) is 13.9. The number of primary amides is 1. The van der Waals surface area contributed by atoms with Gasteiger partial charge in [0.1, 0.15) is 11.3 Å². The highest BCUT2D eigenvalue weighted by molar-refractivity contribution is 5.86. The predicted octanol–water partition coefficient (Wildman–Crippen LogP) is 0.388. The number of benzene rings is 1. The highest BCUT2D eigenvalue weighted by Crippen LogP contribution is 2.33. The SMILES string of the molecule is CCC(C(N)=O)(c1ccc(O)cc1)N1CCNCC1. The van der Waals surface area contributed by atoms with Crippen molar-refractivity contribution in [3.8, 4) is 5.75 Å². The average molecular weight is 263 g/mol. The van der Waals surface area contributed by atoms with Crippen molar-refractivity contribution >= 4 is 5.91 Å². The molecule has 0 aromatic heterocycles. The summed E-state index contributed by atoms with van der Waals surface area (Å²) in [4.78, 5) is 14.3. The Labute approximate surface area is 113 Å². The molecule has 19 heavy (non-hydrogen) atoms. The van der Waals surface area contributed by atoms with Gasteiger partial charge in [0.2, 0.25) is 5.91 Å². The van der Waals surface area contributed by atoms with Crippen LogP contribution in [0.1, 0.15) is 18.9 Å². The Kier molecular flexibility index (Phi) is 4.07. The van der Waals surface area contributed by atoms with Gasteiger partial charge in [0.05, 0.1) is 0 Å². The smallest absolute Gasteiger partial charge is 0.242 e. The number of hydrogen-bond acceptors (Lipinski definition) is 4. The first-order valence-corrected chi connectivity index (χ1v) is 6.66. The summed E-state index contributed by atoms with van der Waals surface area (Å²) in [5, 5.41) is 12.7. The quantitative estimate of drug-likeness (QED) is 0.734. The van der Waals surface area contributed by atoms with Gasteiger partial charge >= 0.3 is 0 Å². The van der Waals surface area contributed by atoms with Gasteiger partial charge in [-0.3, -0.25) is 9.69 Å². The fraction of sp³-hybridized carbons (Fsp3) is 0.500. The Bertz CT molecular complexity index is 441. The van der Waals surface area contributed by atoms with Gasteiger partial charge in [-0.15, -0.1) is 0 Å². The fourth-order valence-electron chi connectivity index (χ4n) is 2.87. The molecule has 5 nitrogen and oxygen atoms in total. The molecule has 1 atom stereocenters. The third kappa shape index (κ3) is 2.43. The molecule has 1 aliphatic rings. The van der Waals surface area contributed by atoms with Gasteiger partial charge < -0.3 is 16.2 Å². The van der Waals surface area contributed by atoms with Gasteiger partial charge in [-0.2, -0.15) is 0 Å². The molecule has 1 aromatic rings. The molecule has 5 heteroatoms. The van der Waals surface area contributed by atoms with E-state index in [1.165, 1.54) is 0 Å². The summed E-state index contributed by atoms with van der Waals surface area (Å²) in [6.45, 7) is 5.26. The van der Waals surface area contributed by atoms with Crippen LogP contribution in [0.3, 0.4) is 0 Å². The van der Waals surface area contributed by atoms with Crippen LogP contribution in [0.15, 0.2) is 24.3 Å². The third-order valence-corrected chi connectivity index (χ3v) is 3.92. The maximum atomic E-state index is 12.1. The minimum Gasteiger partial charge on any atom is -0.508 e. The number of carbonyl (C=O) groups is 1. The number of piperazine rings is 1. The first-order chi connectivity index (χ1) is 9.11. The topological polar surface area (TPSA) is 78.6 Å². The summed E-state index contributed by atoms with van der Waals surface area (Å²) in [6.07, 6.45) is 0.618. The Morgan fingerprint density at radius 1 is 1.37 bits per heavy atom. The highest BCUT2D eigenvalue weighted by atomic mass is 16.3. The minimum atomic E-state index is -0.782.